The van der Waals surface area contributed by atoms with Crippen molar-refractivity contribution >= 4 is 0 Å². The molecule has 0 N–H and O–H groups in total. The summed E-state index contributed by atoms with van der Waals surface area (Å²) in [6, 6.07) is 74.0. The highest BCUT2D eigenvalue weighted by atomic mass is 15.0. The number of benzene rings is 8. The molecule has 0 aliphatic heterocycles. The van der Waals surface area contributed by atoms with Crippen molar-refractivity contribution in [1.29, 1.82) is 0 Å². The lowest BCUT2D eigenvalue weighted by atomic mass is 9.66. The van der Waals surface area contributed by atoms with E-state index >= 15 is 0 Å². The van der Waals surface area contributed by atoms with Crippen molar-refractivity contribution < 1.29 is 0 Å². The predicted molar refractivity (Wildman–Crippen MR) is 247 cm³/mol. The average Bonchev–Trinajstić information content (AvgIpc) is 3.59. The van der Waals surface area contributed by atoms with Crippen molar-refractivity contribution in [2.45, 2.75) is 5.41 Å². The maximum absolute atomic E-state index is 5.27. The maximum Gasteiger partial charge on any atom is 0.164 e. The molecule has 0 saturated carbocycles. The fourth-order valence-electron chi connectivity index (χ4n) is 9.74. The number of hydrogen-bond acceptors (Lipinski definition) is 4. The van der Waals surface area contributed by atoms with Crippen LogP contribution in [0.25, 0.3) is 89.8 Å². The average molecular weight is 777 g/mol. The number of pyridine rings is 1. The van der Waals surface area contributed by atoms with Crippen molar-refractivity contribution in [1.82, 2.24) is 19.9 Å². The van der Waals surface area contributed by atoms with Crippen molar-refractivity contribution in [2.75, 3.05) is 0 Å². The number of rotatable bonds is 5. The van der Waals surface area contributed by atoms with E-state index in [1.165, 1.54) is 50.1 Å². The quantitative estimate of drug-likeness (QED) is 0.175. The summed E-state index contributed by atoms with van der Waals surface area (Å²) in [6.07, 6.45) is 3.68. The Morgan fingerprint density at radius 3 is 1.18 bits per heavy atom. The first-order valence-electron chi connectivity index (χ1n) is 20.7. The van der Waals surface area contributed by atoms with E-state index in [9.17, 15) is 0 Å². The molecule has 4 heteroatoms. The molecule has 12 rings (SSSR count). The van der Waals surface area contributed by atoms with Crippen LogP contribution in [0.1, 0.15) is 22.3 Å². The van der Waals surface area contributed by atoms with E-state index in [0.29, 0.717) is 17.5 Å². The summed E-state index contributed by atoms with van der Waals surface area (Å²) in [5.74, 6) is 1.85. The Labute approximate surface area is 354 Å². The Morgan fingerprint density at radius 2 is 0.639 bits per heavy atom. The molecule has 10 aromatic rings. The molecule has 284 valence electrons. The minimum Gasteiger partial charge on any atom is -0.264 e. The summed E-state index contributed by atoms with van der Waals surface area (Å²) in [4.78, 5) is 20.0. The summed E-state index contributed by atoms with van der Waals surface area (Å²) in [7, 11) is 0. The molecule has 2 aliphatic carbocycles. The van der Waals surface area contributed by atoms with Crippen molar-refractivity contribution in [3.05, 3.63) is 241 Å². The van der Waals surface area contributed by atoms with Crippen LogP contribution in [-0.2, 0) is 5.41 Å². The van der Waals surface area contributed by atoms with Gasteiger partial charge in [0, 0.05) is 29.1 Å². The van der Waals surface area contributed by atoms with Gasteiger partial charge in [-0.2, -0.15) is 0 Å². The van der Waals surface area contributed by atoms with Crippen molar-refractivity contribution in [2.24, 2.45) is 0 Å². The van der Waals surface area contributed by atoms with E-state index in [1.807, 2.05) is 18.3 Å². The van der Waals surface area contributed by atoms with Crippen LogP contribution in [0.2, 0.25) is 0 Å². The first kappa shape index (κ1) is 34.9. The van der Waals surface area contributed by atoms with E-state index in [0.717, 1.165) is 44.5 Å². The molecule has 0 saturated heterocycles. The van der Waals surface area contributed by atoms with Gasteiger partial charge in [0.25, 0.3) is 0 Å². The number of hydrogen-bond donors (Lipinski definition) is 0. The number of aromatic nitrogens is 4. The summed E-state index contributed by atoms with van der Waals surface area (Å²) in [5.41, 5.74) is 19.1. The van der Waals surface area contributed by atoms with Gasteiger partial charge in [-0.1, -0.05) is 194 Å². The number of fused-ring (bicyclic) bond motifs is 12. The first-order chi connectivity index (χ1) is 30.2. The topological polar surface area (TPSA) is 51.6 Å². The monoisotopic (exact) mass is 776 g/mol. The lowest BCUT2D eigenvalue weighted by Crippen LogP contribution is -2.29. The van der Waals surface area contributed by atoms with Gasteiger partial charge in [-0.05, 0) is 90.0 Å². The van der Waals surface area contributed by atoms with Crippen LogP contribution in [-0.4, -0.2) is 19.9 Å². The Bertz CT molecular complexity index is 3140. The van der Waals surface area contributed by atoms with Crippen LogP contribution in [0.15, 0.2) is 219 Å². The van der Waals surface area contributed by atoms with Gasteiger partial charge in [0.15, 0.2) is 17.5 Å². The minimum atomic E-state index is -0.553. The lowest BCUT2D eigenvalue weighted by molar-refractivity contribution is 0.775. The summed E-state index contributed by atoms with van der Waals surface area (Å²) in [5, 5.41) is 0. The largest absolute Gasteiger partial charge is 0.264 e. The van der Waals surface area contributed by atoms with Gasteiger partial charge in [-0.15, -0.1) is 0 Å². The zero-order valence-corrected chi connectivity index (χ0v) is 33.1. The van der Waals surface area contributed by atoms with E-state index in [-0.39, 0.29) is 0 Å². The first-order valence-corrected chi connectivity index (χ1v) is 20.7. The Hall–Kier alpha value is -8.08. The summed E-state index contributed by atoms with van der Waals surface area (Å²) < 4.78 is 0. The van der Waals surface area contributed by atoms with E-state index in [2.05, 4.69) is 199 Å². The molecule has 61 heavy (non-hydrogen) atoms. The van der Waals surface area contributed by atoms with Gasteiger partial charge >= 0.3 is 0 Å². The van der Waals surface area contributed by atoms with Crippen molar-refractivity contribution in [3.8, 4) is 89.8 Å². The van der Waals surface area contributed by atoms with Crippen molar-refractivity contribution in [3.63, 3.8) is 0 Å². The van der Waals surface area contributed by atoms with Gasteiger partial charge in [-0.3, -0.25) is 4.98 Å². The molecule has 0 amide bonds. The third-order valence-corrected chi connectivity index (χ3v) is 12.5. The molecular weight excluding hydrogens is 741 g/mol. The minimum absolute atomic E-state index is 0.553. The summed E-state index contributed by atoms with van der Waals surface area (Å²) in [6.45, 7) is 0. The molecular formula is C57H36N4. The second kappa shape index (κ2) is 14.0. The van der Waals surface area contributed by atoms with Gasteiger partial charge in [0.1, 0.15) is 0 Å². The highest BCUT2D eigenvalue weighted by Crippen LogP contribution is 2.61. The van der Waals surface area contributed by atoms with Crippen LogP contribution < -0.4 is 0 Å². The Balaban J connectivity index is 1.08. The highest BCUT2D eigenvalue weighted by molar-refractivity contribution is 5.98. The van der Waals surface area contributed by atoms with E-state index in [4.69, 9.17) is 15.0 Å². The Kier molecular flexibility index (Phi) is 8.04. The van der Waals surface area contributed by atoms with Gasteiger partial charge in [0.2, 0.25) is 0 Å². The third kappa shape index (κ3) is 5.53. The maximum atomic E-state index is 5.27. The zero-order valence-electron chi connectivity index (χ0n) is 33.1. The second-order valence-electron chi connectivity index (χ2n) is 15.8. The molecule has 2 heterocycles. The fourth-order valence-corrected chi connectivity index (χ4v) is 9.74. The van der Waals surface area contributed by atoms with Crippen LogP contribution in [0, 0.1) is 0 Å². The molecule has 0 radical (unpaired) electrons. The molecule has 0 unspecified atom stereocenters. The Morgan fingerprint density at radius 1 is 0.262 bits per heavy atom. The van der Waals surface area contributed by atoms with Crippen LogP contribution in [0.4, 0.5) is 0 Å². The second-order valence-corrected chi connectivity index (χ2v) is 15.8. The smallest absolute Gasteiger partial charge is 0.164 e. The third-order valence-electron chi connectivity index (χ3n) is 12.5. The number of nitrogens with zero attached hydrogens (tertiary/aromatic N) is 4. The van der Waals surface area contributed by atoms with Gasteiger partial charge in [0.05, 0.1) is 5.41 Å². The van der Waals surface area contributed by atoms with Crippen LogP contribution >= 0.6 is 0 Å². The van der Waals surface area contributed by atoms with Crippen LogP contribution in [0.3, 0.4) is 0 Å². The molecule has 8 aromatic carbocycles. The standard InChI is InChI=1S/C57H36N4/c1-2-13-37(14-3-1)38-24-28-40(29-25-38)54-59-55(41-30-26-39(27-31-41)43-15-12-34-58-36-43)61-56(60-54)42-32-33-53-49(35-42)45-17-5-4-16-44(45)46-18-6-9-21-50(46)57(53)51-22-10-7-19-47(51)48-20-8-11-23-52(48)57/h1-36H. The molecule has 2 aliphatic rings. The van der Waals surface area contributed by atoms with Gasteiger partial charge in [-0.25, -0.2) is 15.0 Å². The SMILES string of the molecule is c1ccc(-c2ccc(-c3nc(-c4ccc(-c5cccnc5)cc4)nc(-c4ccc5c(c4)-c4ccccc4-c4ccccc4C54c5ccccc5-c5ccccc54)n3)cc2)cc1. The fraction of sp³-hybridized carbons (Fsp3) is 0.0175. The molecule has 2 aromatic heterocycles. The zero-order chi connectivity index (χ0) is 40.3. The molecule has 0 atom stereocenters. The molecule has 0 fully saturated rings. The summed E-state index contributed by atoms with van der Waals surface area (Å²) >= 11 is 0. The normalized spacial score (nSPS) is 12.7. The molecule has 1 spiro atoms. The van der Waals surface area contributed by atoms with Crippen LogP contribution in [0.5, 0.6) is 0 Å². The highest BCUT2D eigenvalue weighted by Gasteiger charge is 2.49. The molecule has 4 nitrogen and oxygen atoms in total. The van der Waals surface area contributed by atoms with E-state index in [1.54, 1.807) is 6.20 Å². The van der Waals surface area contributed by atoms with E-state index < -0.39 is 5.41 Å². The van der Waals surface area contributed by atoms with Gasteiger partial charge < -0.3 is 0 Å². The predicted octanol–water partition coefficient (Wildman–Crippen LogP) is 13.6. The lowest BCUT2D eigenvalue weighted by Gasteiger charge is -2.35. The molecule has 0 bridgehead atoms.